The van der Waals surface area contributed by atoms with E-state index in [1.165, 1.54) is 6.07 Å². The molecule has 2 heterocycles. The molecule has 8 heteroatoms. The lowest BCUT2D eigenvalue weighted by atomic mass is 10.1. The number of benzene rings is 2. The zero-order valence-electron chi connectivity index (χ0n) is 14.6. The predicted molar refractivity (Wildman–Crippen MR) is 93.8 cm³/mol. The van der Waals surface area contributed by atoms with Crippen LogP contribution < -0.4 is 0 Å². The first-order valence-electron chi connectivity index (χ1n) is 8.67. The highest BCUT2D eigenvalue weighted by Crippen LogP contribution is 2.33. The molecule has 0 aliphatic carbocycles. The van der Waals surface area contributed by atoms with Gasteiger partial charge in [-0.2, -0.15) is 10.2 Å². The molecule has 1 fully saturated rings. The van der Waals surface area contributed by atoms with Crippen molar-refractivity contribution in [1.29, 1.82) is 5.26 Å². The van der Waals surface area contributed by atoms with E-state index in [4.69, 9.17) is 9.78 Å². The van der Waals surface area contributed by atoms with Crippen LogP contribution in [0.1, 0.15) is 40.7 Å². The van der Waals surface area contributed by atoms with Crippen molar-refractivity contribution in [2.45, 2.75) is 18.9 Å². The number of nitriles is 1. The van der Waals surface area contributed by atoms with Gasteiger partial charge in [-0.1, -0.05) is 5.16 Å². The summed E-state index contributed by atoms with van der Waals surface area (Å²) in [7, 11) is 0. The standard InChI is InChI=1S/C20H14F2N4O2/c21-14-7-8-15(16(22)10-14)18-24-19(28-25-18)17-2-1-9-26(17)20(27)13-5-3-12(11-23)4-6-13/h3-8,10,17H,1-2,9H2/t17-/m0/s1. The van der Waals surface area contributed by atoms with Crippen LogP contribution in [0, 0.1) is 23.0 Å². The molecule has 2 aromatic carbocycles. The van der Waals surface area contributed by atoms with Crippen molar-refractivity contribution >= 4 is 5.91 Å². The number of halogens is 2. The Balaban J connectivity index is 1.59. The summed E-state index contributed by atoms with van der Waals surface area (Å²) in [5, 5.41) is 12.7. The first kappa shape index (κ1) is 17.8. The largest absolute Gasteiger partial charge is 0.337 e. The van der Waals surface area contributed by atoms with Gasteiger partial charge in [0.05, 0.1) is 17.2 Å². The molecular weight excluding hydrogens is 366 g/mol. The van der Waals surface area contributed by atoms with Crippen LogP contribution in [0.3, 0.4) is 0 Å². The molecule has 0 radical (unpaired) electrons. The Labute approximate surface area is 159 Å². The molecule has 140 valence electrons. The molecule has 1 aliphatic heterocycles. The zero-order valence-corrected chi connectivity index (χ0v) is 14.6. The van der Waals surface area contributed by atoms with Crippen LogP contribution in [0.2, 0.25) is 0 Å². The van der Waals surface area contributed by atoms with Gasteiger partial charge in [-0.15, -0.1) is 0 Å². The second kappa shape index (κ2) is 7.19. The number of carbonyl (C=O) groups excluding carboxylic acids is 1. The third-order valence-electron chi connectivity index (χ3n) is 4.67. The molecule has 3 aromatic rings. The lowest BCUT2D eigenvalue weighted by Gasteiger charge is -2.21. The van der Waals surface area contributed by atoms with Crippen molar-refractivity contribution in [1.82, 2.24) is 15.0 Å². The number of carbonyl (C=O) groups is 1. The Bertz CT molecular complexity index is 1070. The minimum Gasteiger partial charge on any atom is -0.337 e. The van der Waals surface area contributed by atoms with Crippen LogP contribution in [0.4, 0.5) is 8.78 Å². The molecule has 1 atom stereocenters. The second-order valence-electron chi connectivity index (χ2n) is 6.43. The SMILES string of the molecule is N#Cc1ccc(C(=O)N2CCC[C@H]2c2nc(-c3ccc(F)cc3F)no2)cc1. The summed E-state index contributed by atoms with van der Waals surface area (Å²) in [6, 6.07) is 11.1. The van der Waals surface area contributed by atoms with Crippen molar-refractivity contribution < 1.29 is 18.1 Å². The molecular formula is C20H14F2N4O2. The van der Waals surface area contributed by atoms with E-state index in [1.54, 1.807) is 29.2 Å². The topological polar surface area (TPSA) is 83.0 Å². The lowest BCUT2D eigenvalue weighted by Crippen LogP contribution is -2.30. The average molecular weight is 380 g/mol. The highest BCUT2D eigenvalue weighted by molar-refractivity contribution is 5.94. The molecule has 4 rings (SSSR count). The molecule has 1 saturated heterocycles. The fourth-order valence-electron chi connectivity index (χ4n) is 3.27. The summed E-state index contributed by atoms with van der Waals surface area (Å²) in [4.78, 5) is 18.7. The summed E-state index contributed by atoms with van der Waals surface area (Å²) in [5.74, 6) is -1.48. The number of likely N-dealkylation sites (tertiary alicyclic amines) is 1. The quantitative estimate of drug-likeness (QED) is 0.689. The van der Waals surface area contributed by atoms with Crippen LogP contribution in [-0.4, -0.2) is 27.5 Å². The molecule has 0 saturated carbocycles. The molecule has 0 spiro atoms. The van der Waals surface area contributed by atoms with E-state index < -0.39 is 17.7 Å². The summed E-state index contributed by atoms with van der Waals surface area (Å²) in [6.07, 6.45) is 1.39. The number of hydrogen-bond acceptors (Lipinski definition) is 5. The maximum Gasteiger partial charge on any atom is 0.254 e. The second-order valence-corrected chi connectivity index (χ2v) is 6.43. The van der Waals surface area contributed by atoms with Gasteiger partial charge in [-0.25, -0.2) is 8.78 Å². The van der Waals surface area contributed by atoms with E-state index in [0.717, 1.165) is 18.6 Å². The van der Waals surface area contributed by atoms with Crippen molar-refractivity contribution in [3.05, 3.63) is 71.1 Å². The summed E-state index contributed by atoms with van der Waals surface area (Å²) >= 11 is 0. The third-order valence-corrected chi connectivity index (χ3v) is 4.67. The third kappa shape index (κ3) is 3.22. The molecule has 0 bridgehead atoms. The van der Waals surface area contributed by atoms with Crippen LogP contribution in [0.5, 0.6) is 0 Å². The van der Waals surface area contributed by atoms with Gasteiger partial charge < -0.3 is 9.42 Å². The normalized spacial score (nSPS) is 16.2. The van der Waals surface area contributed by atoms with E-state index in [0.29, 0.717) is 24.1 Å². The lowest BCUT2D eigenvalue weighted by molar-refractivity contribution is 0.0710. The predicted octanol–water partition coefficient (Wildman–Crippen LogP) is 3.86. The smallest absolute Gasteiger partial charge is 0.254 e. The van der Waals surface area contributed by atoms with E-state index in [9.17, 15) is 13.6 Å². The minimum absolute atomic E-state index is 0.00479. The number of nitrogens with zero attached hydrogens (tertiary/aromatic N) is 4. The van der Waals surface area contributed by atoms with Gasteiger partial charge in [-0.3, -0.25) is 4.79 Å². The highest BCUT2D eigenvalue weighted by atomic mass is 19.1. The Hall–Kier alpha value is -3.60. The Morgan fingerprint density at radius 1 is 1.21 bits per heavy atom. The fraction of sp³-hybridized carbons (Fsp3) is 0.200. The Morgan fingerprint density at radius 2 is 2.00 bits per heavy atom. The van der Waals surface area contributed by atoms with E-state index >= 15 is 0 Å². The Kier molecular flexibility index (Phi) is 4.57. The molecule has 0 N–H and O–H groups in total. The summed E-state index contributed by atoms with van der Waals surface area (Å²) in [6.45, 7) is 0.520. The summed E-state index contributed by atoms with van der Waals surface area (Å²) < 4.78 is 32.3. The van der Waals surface area contributed by atoms with Crippen molar-refractivity contribution in [3.63, 3.8) is 0 Å². The average Bonchev–Trinajstić information content (AvgIpc) is 3.37. The minimum atomic E-state index is -0.788. The van der Waals surface area contributed by atoms with Gasteiger partial charge >= 0.3 is 0 Å². The number of amides is 1. The van der Waals surface area contributed by atoms with E-state index in [-0.39, 0.29) is 23.2 Å². The van der Waals surface area contributed by atoms with Gasteiger partial charge in [0.2, 0.25) is 11.7 Å². The van der Waals surface area contributed by atoms with Crippen molar-refractivity contribution in [2.24, 2.45) is 0 Å². The van der Waals surface area contributed by atoms with Gasteiger partial charge in [0.25, 0.3) is 5.91 Å². The molecule has 1 amide bonds. The van der Waals surface area contributed by atoms with Crippen LogP contribution in [0.15, 0.2) is 47.0 Å². The summed E-state index contributed by atoms with van der Waals surface area (Å²) in [5.41, 5.74) is 0.951. The van der Waals surface area contributed by atoms with Crippen molar-refractivity contribution in [3.8, 4) is 17.5 Å². The van der Waals surface area contributed by atoms with E-state index in [1.807, 2.05) is 6.07 Å². The van der Waals surface area contributed by atoms with Gasteiger partial charge in [0, 0.05) is 18.2 Å². The Morgan fingerprint density at radius 3 is 2.71 bits per heavy atom. The number of aromatic nitrogens is 2. The monoisotopic (exact) mass is 380 g/mol. The van der Waals surface area contributed by atoms with Crippen molar-refractivity contribution in [2.75, 3.05) is 6.54 Å². The molecule has 1 aromatic heterocycles. The van der Waals surface area contributed by atoms with Crippen LogP contribution in [0.25, 0.3) is 11.4 Å². The number of rotatable bonds is 3. The fourth-order valence-corrected chi connectivity index (χ4v) is 3.27. The molecule has 28 heavy (non-hydrogen) atoms. The van der Waals surface area contributed by atoms with E-state index in [2.05, 4.69) is 10.1 Å². The molecule has 6 nitrogen and oxygen atoms in total. The first-order chi connectivity index (χ1) is 13.6. The molecule has 0 unspecified atom stereocenters. The first-order valence-corrected chi connectivity index (χ1v) is 8.67. The molecule has 1 aliphatic rings. The van der Waals surface area contributed by atoms with Gasteiger partial charge in [-0.05, 0) is 49.2 Å². The zero-order chi connectivity index (χ0) is 19.7. The van der Waals surface area contributed by atoms with Crippen LogP contribution >= 0.6 is 0 Å². The van der Waals surface area contributed by atoms with Gasteiger partial charge in [0.15, 0.2) is 0 Å². The van der Waals surface area contributed by atoms with Gasteiger partial charge in [0.1, 0.15) is 17.7 Å². The maximum atomic E-state index is 14.0. The number of hydrogen-bond donors (Lipinski definition) is 0. The highest BCUT2D eigenvalue weighted by Gasteiger charge is 2.34. The van der Waals surface area contributed by atoms with Crippen LogP contribution in [-0.2, 0) is 0 Å². The maximum absolute atomic E-state index is 14.0.